The van der Waals surface area contributed by atoms with Gasteiger partial charge in [0.15, 0.2) is 0 Å². The summed E-state index contributed by atoms with van der Waals surface area (Å²) in [6.07, 6.45) is 2.06. The lowest BCUT2D eigenvalue weighted by Crippen LogP contribution is -2.39. The van der Waals surface area contributed by atoms with Crippen molar-refractivity contribution in [3.8, 4) is 0 Å². The van der Waals surface area contributed by atoms with Gasteiger partial charge in [0.2, 0.25) is 0 Å². The number of rotatable bonds is 3. The molecule has 0 saturated carbocycles. The lowest BCUT2D eigenvalue weighted by atomic mass is 10.2. The van der Waals surface area contributed by atoms with Crippen LogP contribution in [0.1, 0.15) is 0 Å². The topological polar surface area (TPSA) is 0 Å². The Morgan fingerprint density at radius 2 is 2.07 bits per heavy atom. The van der Waals surface area contributed by atoms with Gasteiger partial charge >= 0.3 is 0 Å². The Labute approximate surface area is 92.6 Å². The first-order chi connectivity index (χ1) is 7.15. The zero-order valence-electron chi connectivity index (χ0n) is 9.46. The maximum absolute atomic E-state index is 3.87. The molecule has 0 N–H and O–H groups in total. The van der Waals surface area contributed by atoms with Crippen LogP contribution < -0.4 is 5.19 Å². The van der Waals surface area contributed by atoms with Crippen molar-refractivity contribution in [1.29, 1.82) is 0 Å². The zero-order chi connectivity index (χ0) is 10.9. The number of hydrogen-bond donors (Lipinski definition) is 0. The van der Waals surface area contributed by atoms with E-state index in [9.17, 15) is 0 Å². The van der Waals surface area contributed by atoms with Gasteiger partial charge in [-0.3, -0.25) is 0 Å². The van der Waals surface area contributed by atoms with Crippen LogP contribution in [0.4, 0.5) is 0 Å². The Balaban J connectivity index is 2.56. The highest BCUT2D eigenvalue weighted by atomic mass is 28.3. The molecule has 2 rings (SSSR count). The Kier molecular flexibility index (Phi) is 2.57. The Bertz CT molecular complexity index is 477. The van der Waals surface area contributed by atoms with Gasteiger partial charge in [0.1, 0.15) is 0 Å². The predicted molar refractivity (Wildman–Crippen MR) is 71.7 cm³/mol. The van der Waals surface area contributed by atoms with Crippen molar-refractivity contribution in [3.63, 3.8) is 0 Å². The van der Waals surface area contributed by atoms with Crippen LogP contribution in [0.3, 0.4) is 0 Å². The highest BCUT2D eigenvalue weighted by Crippen LogP contribution is 2.19. The molecule has 2 aromatic rings. The van der Waals surface area contributed by atoms with Gasteiger partial charge in [0.05, 0.1) is 0 Å². The third kappa shape index (κ3) is 1.80. The molecule has 1 heteroatoms. The minimum absolute atomic E-state index is 1.15. The van der Waals surface area contributed by atoms with Crippen molar-refractivity contribution in [2.45, 2.75) is 19.1 Å². The second-order valence-corrected chi connectivity index (χ2v) is 9.43. The molecule has 0 fully saturated rings. The molecule has 0 aliphatic heterocycles. The molecule has 0 atom stereocenters. The van der Waals surface area contributed by atoms with Crippen molar-refractivity contribution in [3.05, 3.63) is 49.1 Å². The summed E-state index contributed by atoms with van der Waals surface area (Å²) in [6.45, 7) is 8.70. The van der Waals surface area contributed by atoms with E-state index in [0.29, 0.717) is 0 Å². The van der Waals surface area contributed by atoms with E-state index in [4.69, 9.17) is 0 Å². The smallest absolute Gasteiger partial charge is 0.0373 e. The van der Waals surface area contributed by atoms with Gasteiger partial charge in [-0.25, -0.2) is 0 Å². The van der Waals surface area contributed by atoms with Gasteiger partial charge in [-0.15, -0.1) is 47.5 Å². The van der Waals surface area contributed by atoms with Gasteiger partial charge in [0, 0.05) is 8.07 Å². The molecule has 0 bridgehead atoms. The molecule has 0 unspecified atom stereocenters. The third-order valence-electron chi connectivity index (χ3n) is 3.06. The van der Waals surface area contributed by atoms with Crippen molar-refractivity contribution in [1.82, 2.24) is 0 Å². The van der Waals surface area contributed by atoms with Crippen LogP contribution in [-0.2, 0) is 0 Å². The van der Waals surface area contributed by atoms with Gasteiger partial charge in [0.25, 0.3) is 0 Å². The number of benzene rings is 1. The second kappa shape index (κ2) is 3.74. The molecular formula is C14H17Si-. The highest BCUT2D eigenvalue weighted by Gasteiger charge is 2.18. The Hall–Kier alpha value is -1.21. The summed E-state index contributed by atoms with van der Waals surface area (Å²) in [4.78, 5) is 0. The minimum atomic E-state index is -1.31. The lowest BCUT2D eigenvalue weighted by molar-refractivity contribution is 1.56. The van der Waals surface area contributed by atoms with Gasteiger partial charge in [-0.2, -0.15) is 6.07 Å². The van der Waals surface area contributed by atoms with Crippen LogP contribution in [0.25, 0.3) is 10.8 Å². The first kappa shape index (κ1) is 10.3. The monoisotopic (exact) mass is 213 g/mol. The molecule has 0 heterocycles. The van der Waals surface area contributed by atoms with Crippen LogP contribution >= 0.6 is 0 Å². The van der Waals surface area contributed by atoms with Crippen LogP contribution in [0.2, 0.25) is 19.1 Å². The first-order valence-corrected chi connectivity index (χ1v) is 8.62. The fourth-order valence-corrected chi connectivity index (χ4v) is 4.64. The third-order valence-corrected chi connectivity index (χ3v) is 6.27. The standard InChI is InChI=1S/C14H17Si/c1-4-11-15(2,3)14-10-9-12-7-5-6-8-13(12)14/h4-10H,1,11H2,2-3H3/q-1. The molecule has 0 radical (unpaired) electrons. The summed E-state index contributed by atoms with van der Waals surface area (Å²) in [5, 5.41) is 4.38. The van der Waals surface area contributed by atoms with Gasteiger partial charge < -0.3 is 0 Å². The van der Waals surface area contributed by atoms with E-state index >= 15 is 0 Å². The molecule has 0 amide bonds. The second-order valence-electron chi connectivity index (χ2n) is 4.71. The molecule has 78 valence electrons. The number of fused-ring (bicyclic) bond motifs is 1. The SMILES string of the molecule is C=CC[Si](C)(C)c1cc[c-]2ccccc12. The van der Waals surface area contributed by atoms with Crippen molar-refractivity contribution >= 4 is 24.0 Å². The molecule has 2 aromatic carbocycles. The quantitative estimate of drug-likeness (QED) is 0.415. The zero-order valence-corrected chi connectivity index (χ0v) is 10.5. The van der Waals surface area contributed by atoms with Gasteiger partial charge in [-0.05, 0) is 6.04 Å². The summed E-state index contributed by atoms with van der Waals surface area (Å²) < 4.78 is 0. The highest BCUT2D eigenvalue weighted by molar-refractivity contribution is 6.91. The van der Waals surface area contributed by atoms with Crippen LogP contribution in [0.5, 0.6) is 0 Å². The normalized spacial score (nSPS) is 11.9. The summed E-state index contributed by atoms with van der Waals surface area (Å²) >= 11 is 0. The summed E-state index contributed by atoms with van der Waals surface area (Å²) in [5.74, 6) is 0. The van der Waals surface area contributed by atoms with Crippen molar-refractivity contribution in [2.75, 3.05) is 0 Å². The van der Waals surface area contributed by atoms with Crippen molar-refractivity contribution < 1.29 is 0 Å². The average Bonchev–Trinajstić information content (AvgIpc) is 2.61. The minimum Gasteiger partial charge on any atom is -0.150 e. The predicted octanol–water partition coefficient (Wildman–Crippen LogP) is 3.66. The molecular weight excluding hydrogens is 196 g/mol. The summed E-state index contributed by atoms with van der Waals surface area (Å²) in [5.41, 5.74) is 0. The fraction of sp³-hybridized carbons (Fsp3) is 0.214. The molecule has 0 nitrogen and oxygen atoms in total. The van der Waals surface area contributed by atoms with E-state index in [0.717, 1.165) is 6.04 Å². The Morgan fingerprint density at radius 1 is 1.27 bits per heavy atom. The molecule has 0 spiro atoms. The summed E-state index contributed by atoms with van der Waals surface area (Å²) in [7, 11) is -1.31. The molecule has 0 aliphatic rings. The van der Waals surface area contributed by atoms with E-state index in [2.05, 4.69) is 62.1 Å². The molecule has 0 aromatic heterocycles. The average molecular weight is 213 g/mol. The van der Waals surface area contributed by atoms with E-state index in [1.54, 1.807) is 5.19 Å². The first-order valence-electron chi connectivity index (χ1n) is 5.41. The largest absolute Gasteiger partial charge is 0.150 e. The van der Waals surface area contributed by atoms with E-state index in [-0.39, 0.29) is 0 Å². The molecule has 15 heavy (non-hydrogen) atoms. The van der Waals surface area contributed by atoms with E-state index in [1.807, 2.05) is 0 Å². The fourth-order valence-electron chi connectivity index (χ4n) is 2.21. The van der Waals surface area contributed by atoms with Crippen LogP contribution in [-0.4, -0.2) is 8.07 Å². The lowest BCUT2D eigenvalue weighted by Gasteiger charge is -2.25. The van der Waals surface area contributed by atoms with Crippen molar-refractivity contribution in [2.24, 2.45) is 0 Å². The number of hydrogen-bond acceptors (Lipinski definition) is 0. The van der Waals surface area contributed by atoms with E-state index < -0.39 is 8.07 Å². The number of allylic oxidation sites excluding steroid dienone is 1. The van der Waals surface area contributed by atoms with Crippen LogP contribution in [0.15, 0.2) is 49.1 Å². The van der Waals surface area contributed by atoms with Gasteiger partial charge in [-0.1, -0.05) is 24.6 Å². The van der Waals surface area contributed by atoms with E-state index in [1.165, 1.54) is 10.8 Å². The Morgan fingerprint density at radius 3 is 2.80 bits per heavy atom. The summed E-state index contributed by atoms with van der Waals surface area (Å²) in [6, 6.07) is 14.4. The maximum Gasteiger partial charge on any atom is 0.0373 e. The van der Waals surface area contributed by atoms with Crippen LogP contribution in [0, 0.1) is 0 Å². The molecule has 0 saturated heterocycles. The maximum atomic E-state index is 3.87. The molecule has 0 aliphatic carbocycles.